The Labute approximate surface area is 201 Å². The van der Waals surface area contributed by atoms with Crippen LogP contribution in [0.25, 0.3) is 0 Å². The number of hydrogen-bond donors (Lipinski definition) is 4. The molecule has 12 nitrogen and oxygen atoms in total. The molecule has 0 saturated heterocycles. The summed E-state index contributed by atoms with van der Waals surface area (Å²) in [4.78, 5) is 48.5. The second kappa shape index (κ2) is 12.5. The summed E-state index contributed by atoms with van der Waals surface area (Å²) in [5.74, 6) is -3.01. The first-order valence-electron chi connectivity index (χ1n) is 10.2. The van der Waals surface area contributed by atoms with E-state index in [4.69, 9.17) is 4.74 Å². The number of carbonyl (C=O) groups is 4. The fraction of sp³-hybridized carbons (Fsp3) is 0.273. The van der Waals surface area contributed by atoms with E-state index in [0.29, 0.717) is 0 Å². The van der Waals surface area contributed by atoms with Gasteiger partial charge in [0.15, 0.2) is 0 Å². The number of anilines is 1. The number of carbonyl (C=O) groups excluding carboxylic acids is 3. The van der Waals surface area contributed by atoms with Crippen LogP contribution < -0.4 is 16.0 Å². The Morgan fingerprint density at radius 1 is 0.914 bits per heavy atom. The second-order valence-corrected chi connectivity index (χ2v) is 8.88. The molecule has 0 spiro atoms. The fourth-order valence-electron chi connectivity index (χ4n) is 2.97. The van der Waals surface area contributed by atoms with Crippen LogP contribution in [0.15, 0.2) is 59.5 Å². The summed E-state index contributed by atoms with van der Waals surface area (Å²) in [6, 6.07) is 10.2. The second-order valence-electron chi connectivity index (χ2n) is 7.17. The zero-order valence-electron chi connectivity index (χ0n) is 18.9. The molecule has 35 heavy (non-hydrogen) atoms. The average Bonchev–Trinajstić information content (AvgIpc) is 2.83. The Kier molecular flexibility index (Phi) is 9.73. The van der Waals surface area contributed by atoms with E-state index in [-0.39, 0.29) is 17.0 Å². The first-order valence-corrected chi connectivity index (χ1v) is 11.6. The van der Waals surface area contributed by atoms with Crippen LogP contribution in [0, 0.1) is 0 Å². The van der Waals surface area contributed by atoms with Crippen molar-refractivity contribution < 1.29 is 41.6 Å². The Hall–Kier alpha value is -3.97. The molecule has 2 atom stereocenters. The van der Waals surface area contributed by atoms with E-state index in [1.165, 1.54) is 24.3 Å². The van der Waals surface area contributed by atoms with Crippen molar-refractivity contribution >= 4 is 39.7 Å². The monoisotopic (exact) mass is 507 g/mol. The lowest BCUT2D eigenvalue weighted by Gasteiger charge is -2.21. The number of rotatable bonds is 11. The van der Waals surface area contributed by atoms with Crippen LogP contribution in [0.3, 0.4) is 0 Å². The summed E-state index contributed by atoms with van der Waals surface area (Å²) in [7, 11) is -1.76. The molecule has 2 rings (SSSR count). The SMILES string of the molecule is COC(=O)[C@H](Cc1ccccc1)NC(=O)[C@H](CC(=O)O)NC(=O)Nc1ccc(S(=O)(=O)OC)cc1. The number of urea groups is 1. The number of aliphatic carboxylic acids is 1. The third-order valence-electron chi connectivity index (χ3n) is 4.71. The predicted molar refractivity (Wildman–Crippen MR) is 123 cm³/mol. The smallest absolute Gasteiger partial charge is 0.328 e. The topological polar surface area (TPSA) is 177 Å². The number of methoxy groups -OCH3 is 1. The molecule has 0 aliphatic heterocycles. The van der Waals surface area contributed by atoms with Gasteiger partial charge < -0.3 is 25.8 Å². The van der Waals surface area contributed by atoms with Crippen LogP contribution in [0.2, 0.25) is 0 Å². The molecule has 0 unspecified atom stereocenters. The molecule has 13 heteroatoms. The van der Waals surface area contributed by atoms with Crippen molar-refractivity contribution in [3.05, 3.63) is 60.2 Å². The molecule has 2 aromatic carbocycles. The zero-order chi connectivity index (χ0) is 26.0. The molecule has 0 fully saturated rings. The summed E-state index contributed by atoms with van der Waals surface area (Å²) in [5.41, 5.74) is 0.895. The van der Waals surface area contributed by atoms with Crippen LogP contribution in [-0.4, -0.2) is 63.7 Å². The van der Waals surface area contributed by atoms with Gasteiger partial charge in [0.2, 0.25) is 5.91 Å². The minimum Gasteiger partial charge on any atom is -0.481 e. The molecule has 0 saturated carbocycles. The van der Waals surface area contributed by atoms with Gasteiger partial charge in [-0.05, 0) is 29.8 Å². The van der Waals surface area contributed by atoms with E-state index < -0.39 is 52.5 Å². The van der Waals surface area contributed by atoms with Crippen LogP contribution in [0.4, 0.5) is 10.5 Å². The van der Waals surface area contributed by atoms with Gasteiger partial charge in [0, 0.05) is 12.1 Å². The molecular formula is C22H25N3O9S. The Morgan fingerprint density at radius 2 is 1.54 bits per heavy atom. The molecule has 188 valence electrons. The van der Waals surface area contributed by atoms with Crippen molar-refractivity contribution in [2.24, 2.45) is 0 Å². The number of carboxylic acids is 1. The van der Waals surface area contributed by atoms with Gasteiger partial charge in [-0.25, -0.2) is 9.59 Å². The van der Waals surface area contributed by atoms with Crippen LogP contribution in [0.5, 0.6) is 0 Å². The van der Waals surface area contributed by atoms with E-state index in [9.17, 15) is 32.7 Å². The highest BCUT2D eigenvalue weighted by Crippen LogP contribution is 2.15. The lowest BCUT2D eigenvalue weighted by atomic mass is 10.1. The average molecular weight is 508 g/mol. The lowest BCUT2D eigenvalue weighted by molar-refractivity contribution is -0.145. The number of nitrogens with one attached hydrogen (secondary N) is 3. The summed E-state index contributed by atoms with van der Waals surface area (Å²) in [6.07, 6.45) is -0.675. The molecular weight excluding hydrogens is 482 g/mol. The summed E-state index contributed by atoms with van der Waals surface area (Å²) in [6.45, 7) is 0. The molecule has 0 aliphatic rings. The fourth-order valence-corrected chi connectivity index (χ4v) is 3.63. The summed E-state index contributed by atoms with van der Waals surface area (Å²) in [5, 5.41) is 16.2. The van der Waals surface area contributed by atoms with E-state index in [2.05, 4.69) is 20.1 Å². The molecule has 4 N–H and O–H groups in total. The van der Waals surface area contributed by atoms with E-state index >= 15 is 0 Å². The molecule has 0 heterocycles. The minimum absolute atomic E-state index is 0.0853. The minimum atomic E-state index is -3.92. The van der Waals surface area contributed by atoms with Gasteiger partial charge in [0.05, 0.1) is 25.5 Å². The number of amides is 3. The molecule has 0 aromatic heterocycles. The Morgan fingerprint density at radius 3 is 2.09 bits per heavy atom. The third-order valence-corrected chi connectivity index (χ3v) is 5.99. The van der Waals surface area contributed by atoms with Gasteiger partial charge in [-0.2, -0.15) is 8.42 Å². The van der Waals surface area contributed by atoms with Crippen molar-refractivity contribution in [1.29, 1.82) is 0 Å². The highest BCUT2D eigenvalue weighted by molar-refractivity contribution is 7.86. The molecule has 3 amide bonds. The highest BCUT2D eigenvalue weighted by atomic mass is 32.2. The van der Waals surface area contributed by atoms with Crippen molar-refractivity contribution in [2.75, 3.05) is 19.5 Å². The van der Waals surface area contributed by atoms with Gasteiger partial charge in [-0.3, -0.25) is 13.8 Å². The standard InChI is InChI=1S/C22H25N3O9S/c1-33-21(29)18(12-14-6-4-3-5-7-14)24-20(28)17(13-19(26)27)25-22(30)23-15-8-10-16(11-9-15)35(31,32)34-2/h3-11,17-18H,12-13H2,1-2H3,(H,24,28)(H,26,27)(H2,23,25,30)/t17-,18-/m0/s1. The van der Waals surface area contributed by atoms with Crippen molar-refractivity contribution in [1.82, 2.24) is 10.6 Å². The largest absolute Gasteiger partial charge is 0.481 e. The first kappa shape index (κ1) is 27.3. The van der Waals surface area contributed by atoms with Crippen molar-refractivity contribution in [2.45, 2.75) is 29.8 Å². The number of benzene rings is 2. The van der Waals surface area contributed by atoms with E-state index in [1.807, 2.05) is 0 Å². The Bertz CT molecular complexity index is 1150. The van der Waals surface area contributed by atoms with Crippen LogP contribution >= 0.6 is 0 Å². The summed E-state index contributed by atoms with van der Waals surface area (Å²) < 4.78 is 32.5. The Balaban J connectivity index is 2.10. The molecule has 0 aliphatic carbocycles. The predicted octanol–water partition coefficient (Wildman–Crippen LogP) is 0.887. The number of hydrogen-bond acceptors (Lipinski definition) is 8. The maximum atomic E-state index is 12.8. The normalized spacial score (nSPS) is 12.6. The van der Waals surface area contributed by atoms with Gasteiger partial charge in [-0.15, -0.1) is 0 Å². The number of carboxylic acid groups (broad SMARTS) is 1. The molecule has 0 bridgehead atoms. The number of ether oxygens (including phenoxy) is 1. The van der Waals surface area contributed by atoms with Crippen molar-refractivity contribution in [3.8, 4) is 0 Å². The van der Waals surface area contributed by atoms with Gasteiger partial charge in [-0.1, -0.05) is 30.3 Å². The molecule has 0 radical (unpaired) electrons. The quantitative estimate of drug-likeness (QED) is 0.254. The maximum Gasteiger partial charge on any atom is 0.328 e. The number of esters is 1. The van der Waals surface area contributed by atoms with E-state index in [1.54, 1.807) is 30.3 Å². The van der Waals surface area contributed by atoms with Crippen molar-refractivity contribution in [3.63, 3.8) is 0 Å². The summed E-state index contributed by atoms with van der Waals surface area (Å²) >= 11 is 0. The van der Waals surface area contributed by atoms with E-state index in [0.717, 1.165) is 19.8 Å². The van der Waals surface area contributed by atoms with Gasteiger partial charge in [0.25, 0.3) is 10.1 Å². The van der Waals surface area contributed by atoms with Gasteiger partial charge in [0.1, 0.15) is 12.1 Å². The zero-order valence-corrected chi connectivity index (χ0v) is 19.7. The maximum absolute atomic E-state index is 12.8. The first-order chi connectivity index (χ1) is 16.6. The lowest BCUT2D eigenvalue weighted by Crippen LogP contribution is -2.53. The highest BCUT2D eigenvalue weighted by Gasteiger charge is 2.29. The third kappa shape index (κ3) is 8.39. The van der Waals surface area contributed by atoms with Gasteiger partial charge >= 0.3 is 18.0 Å². The van der Waals surface area contributed by atoms with Crippen LogP contribution in [0.1, 0.15) is 12.0 Å². The molecule has 2 aromatic rings. The van der Waals surface area contributed by atoms with Crippen LogP contribution in [-0.2, 0) is 39.8 Å².